The molecule has 9 nitrogen and oxygen atoms in total. The van der Waals surface area contributed by atoms with Gasteiger partial charge in [-0.1, -0.05) is 16.8 Å². The second-order valence-corrected chi connectivity index (χ2v) is 7.91. The first-order valence-electron chi connectivity index (χ1n) is 10.5. The van der Waals surface area contributed by atoms with Crippen molar-refractivity contribution in [3.63, 3.8) is 0 Å². The molecule has 4 rings (SSSR count). The summed E-state index contributed by atoms with van der Waals surface area (Å²) in [6.07, 6.45) is 1.92. The third kappa shape index (κ3) is 4.81. The molecule has 0 unspecified atom stereocenters. The number of allylic oxidation sites excluding steroid dienone is 1. The summed E-state index contributed by atoms with van der Waals surface area (Å²) >= 11 is 5.71. The number of aromatic nitrogens is 1. The largest absolute Gasteiger partial charge is 0.493 e. The lowest BCUT2D eigenvalue weighted by molar-refractivity contribution is -0.134. The summed E-state index contributed by atoms with van der Waals surface area (Å²) in [6.45, 7) is 1.71. The van der Waals surface area contributed by atoms with E-state index in [1.165, 1.54) is 27.4 Å². The Hall–Kier alpha value is -3.98. The molecule has 0 radical (unpaired) electrons. The van der Waals surface area contributed by atoms with Crippen molar-refractivity contribution in [2.45, 2.75) is 19.8 Å². The van der Waals surface area contributed by atoms with E-state index in [0.717, 1.165) is 0 Å². The highest BCUT2D eigenvalue weighted by Gasteiger charge is 2.31. The summed E-state index contributed by atoms with van der Waals surface area (Å²) in [5.41, 5.74) is 1.46. The molecule has 0 N–H and O–H groups in total. The van der Waals surface area contributed by atoms with Gasteiger partial charge in [-0.25, -0.2) is 0 Å². The van der Waals surface area contributed by atoms with Gasteiger partial charge in [-0.15, -0.1) is 0 Å². The molecule has 0 saturated carbocycles. The fourth-order valence-electron chi connectivity index (χ4n) is 3.66. The summed E-state index contributed by atoms with van der Waals surface area (Å²) in [6, 6.07) is 8.11. The number of fused-ring (bicyclic) bond motifs is 1. The van der Waals surface area contributed by atoms with Crippen LogP contribution in [0.1, 0.15) is 33.7 Å². The maximum atomic E-state index is 13.0. The van der Waals surface area contributed by atoms with Crippen LogP contribution in [0, 0.1) is 6.92 Å². The molecule has 2 heterocycles. The molecular formula is C25H22ClNO8. The number of ether oxygens (including phenoxy) is 5. The van der Waals surface area contributed by atoms with Crippen LogP contribution in [0.15, 0.2) is 40.6 Å². The highest BCUT2D eigenvalue weighted by atomic mass is 35.5. The fourth-order valence-corrected chi connectivity index (χ4v) is 3.82. The topological polar surface area (TPSA) is 106 Å². The van der Waals surface area contributed by atoms with Gasteiger partial charge >= 0.3 is 5.97 Å². The smallest absolute Gasteiger partial charge is 0.311 e. The van der Waals surface area contributed by atoms with Crippen molar-refractivity contribution in [3.05, 3.63) is 63.7 Å². The normalized spacial score (nSPS) is 13.4. The highest BCUT2D eigenvalue weighted by Crippen LogP contribution is 2.43. The zero-order valence-corrected chi connectivity index (χ0v) is 20.2. The van der Waals surface area contributed by atoms with Gasteiger partial charge in [0.25, 0.3) is 0 Å². The van der Waals surface area contributed by atoms with E-state index >= 15 is 0 Å². The maximum absolute atomic E-state index is 13.0. The number of methoxy groups -OCH3 is 3. The van der Waals surface area contributed by atoms with Crippen LogP contribution in [0.3, 0.4) is 0 Å². The van der Waals surface area contributed by atoms with E-state index < -0.39 is 5.97 Å². The van der Waals surface area contributed by atoms with Crippen molar-refractivity contribution in [2.24, 2.45) is 0 Å². The number of aryl methyl sites for hydroxylation is 1. The van der Waals surface area contributed by atoms with Crippen molar-refractivity contribution in [2.75, 3.05) is 21.3 Å². The average Bonchev–Trinajstić information content (AvgIpc) is 3.42. The number of nitrogens with zero attached hydrogens (tertiary/aromatic N) is 1. The summed E-state index contributed by atoms with van der Waals surface area (Å²) in [7, 11) is 4.51. The van der Waals surface area contributed by atoms with Crippen LogP contribution in [0.2, 0.25) is 5.15 Å². The molecule has 0 aliphatic carbocycles. The van der Waals surface area contributed by atoms with E-state index in [4.69, 9.17) is 39.8 Å². The Balaban J connectivity index is 1.55. The first kappa shape index (κ1) is 24.2. The Labute approximate surface area is 206 Å². The summed E-state index contributed by atoms with van der Waals surface area (Å²) < 4.78 is 32.6. The van der Waals surface area contributed by atoms with Crippen LogP contribution in [0.5, 0.6) is 28.7 Å². The molecule has 0 amide bonds. The second-order valence-electron chi connectivity index (χ2n) is 7.52. The number of carbonyl (C=O) groups excluding carboxylic acids is 2. The van der Waals surface area contributed by atoms with E-state index in [2.05, 4.69) is 5.16 Å². The van der Waals surface area contributed by atoms with Gasteiger partial charge in [0.2, 0.25) is 11.5 Å². The molecule has 0 fully saturated rings. The Morgan fingerprint density at radius 1 is 1.06 bits per heavy atom. The zero-order chi connectivity index (χ0) is 25.1. The van der Waals surface area contributed by atoms with Crippen LogP contribution in [-0.4, -0.2) is 38.2 Å². The number of benzene rings is 2. The standard InChI is InChI=1S/C25H22ClNO8/c1-13-17(33-21(28)10-6-15-12-20(26)27-35-15)9-7-16-22(29)19(34-23(13)16)11-14-5-8-18(30-2)25(32-4)24(14)31-3/h5,7-9,11-12H,6,10H2,1-4H3/b19-11-. The molecule has 182 valence electrons. The van der Waals surface area contributed by atoms with Gasteiger partial charge in [0.1, 0.15) is 17.3 Å². The van der Waals surface area contributed by atoms with Crippen molar-refractivity contribution in [1.29, 1.82) is 0 Å². The molecule has 0 atom stereocenters. The van der Waals surface area contributed by atoms with Crippen LogP contribution in [0.25, 0.3) is 6.08 Å². The van der Waals surface area contributed by atoms with Gasteiger partial charge in [-0.2, -0.15) is 0 Å². The first-order valence-corrected chi connectivity index (χ1v) is 10.9. The molecule has 35 heavy (non-hydrogen) atoms. The lowest BCUT2D eigenvalue weighted by Crippen LogP contribution is -2.10. The molecular weight excluding hydrogens is 478 g/mol. The molecule has 1 aromatic heterocycles. The number of Topliss-reactive ketones (excluding diaryl/α,β-unsaturated/α-hetero) is 1. The first-order chi connectivity index (χ1) is 16.9. The Morgan fingerprint density at radius 2 is 1.80 bits per heavy atom. The minimum absolute atomic E-state index is 0.0616. The average molecular weight is 500 g/mol. The predicted molar refractivity (Wildman–Crippen MR) is 126 cm³/mol. The summed E-state index contributed by atoms with van der Waals surface area (Å²) in [4.78, 5) is 25.3. The molecule has 0 saturated heterocycles. The Bertz CT molecular complexity index is 1330. The molecule has 0 spiro atoms. The SMILES string of the molecule is COc1ccc(/C=C2\Oc3c(ccc(OC(=O)CCc4cc(Cl)no4)c3C)C2=O)c(OC)c1OC. The predicted octanol–water partition coefficient (Wildman–Crippen LogP) is 4.82. The quantitative estimate of drug-likeness (QED) is 0.245. The number of esters is 1. The number of hydrogen-bond donors (Lipinski definition) is 0. The van der Waals surface area contributed by atoms with Crippen LogP contribution in [0.4, 0.5) is 0 Å². The molecule has 1 aliphatic rings. The minimum Gasteiger partial charge on any atom is -0.493 e. The Morgan fingerprint density at radius 3 is 2.46 bits per heavy atom. The number of rotatable bonds is 8. The summed E-state index contributed by atoms with van der Waals surface area (Å²) in [5.74, 6) is 1.69. The number of halogens is 1. The fraction of sp³-hybridized carbons (Fsp3) is 0.240. The maximum Gasteiger partial charge on any atom is 0.311 e. The zero-order valence-electron chi connectivity index (χ0n) is 19.5. The van der Waals surface area contributed by atoms with Gasteiger partial charge in [0, 0.05) is 23.6 Å². The number of ketones is 1. The summed E-state index contributed by atoms with van der Waals surface area (Å²) in [5, 5.41) is 3.79. The van der Waals surface area contributed by atoms with Gasteiger partial charge < -0.3 is 28.2 Å². The van der Waals surface area contributed by atoms with Gasteiger partial charge in [0.15, 0.2) is 22.4 Å². The molecule has 10 heteroatoms. The third-order valence-electron chi connectivity index (χ3n) is 5.39. The lowest BCUT2D eigenvalue weighted by atomic mass is 10.1. The van der Waals surface area contributed by atoms with Crippen LogP contribution >= 0.6 is 11.6 Å². The number of carbonyl (C=O) groups is 2. The van der Waals surface area contributed by atoms with Crippen LogP contribution in [-0.2, 0) is 11.2 Å². The van der Waals surface area contributed by atoms with Crippen molar-refractivity contribution in [3.8, 4) is 28.7 Å². The monoisotopic (exact) mass is 499 g/mol. The third-order valence-corrected chi connectivity index (χ3v) is 5.57. The van der Waals surface area contributed by atoms with Gasteiger partial charge in [0.05, 0.1) is 33.3 Å². The minimum atomic E-state index is -0.476. The second kappa shape index (κ2) is 10.1. The van der Waals surface area contributed by atoms with E-state index in [-0.39, 0.29) is 29.5 Å². The lowest BCUT2D eigenvalue weighted by Gasteiger charge is -2.14. The highest BCUT2D eigenvalue weighted by molar-refractivity contribution is 6.29. The Kier molecular flexibility index (Phi) is 6.97. The van der Waals surface area contributed by atoms with E-state index in [0.29, 0.717) is 51.2 Å². The van der Waals surface area contributed by atoms with Crippen molar-refractivity contribution >= 4 is 29.4 Å². The van der Waals surface area contributed by atoms with Crippen molar-refractivity contribution in [1.82, 2.24) is 5.16 Å². The molecule has 2 aromatic carbocycles. The van der Waals surface area contributed by atoms with Gasteiger partial charge in [-0.3, -0.25) is 9.59 Å². The van der Waals surface area contributed by atoms with Crippen LogP contribution < -0.4 is 23.7 Å². The van der Waals surface area contributed by atoms with Crippen molar-refractivity contribution < 1.29 is 37.8 Å². The van der Waals surface area contributed by atoms with E-state index in [1.807, 2.05) is 0 Å². The molecule has 0 bridgehead atoms. The molecule has 3 aromatic rings. The molecule has 1 aliphatic heterocycles. The number of hydrogen-bond acceptors (Lipinski definition) is 9. The van der Waals surface area contributed by atoms with E-state index in [1.54, 1.807) is 37.3 Å². The van der Waals surface area contributed by atoms with E-state index in [9.17, 15) is 9.59 Å². The van der Waals surface area contributed by atoms with Gasteiger partial charge in [-0.05, 0) is 37.3 Å².